The number of hydrogen-bond donors (Lipinski definition) is 2. The van der Waals surface area contributed by atoms with Crippen molar-refractivity contribution < 1.29 is 9.90 Å². The quantitative estimate of drug-likeness (QED) is 0.736. The van der Waals surface area contributed by atoms with Gasteiger partial charge < -0.3 is 15.0 Å². The van der Waals surface area contributed by atoms with Crippen molar-refractivity contribution in [1.82, 2.24) is 9.88 Å². The normalized spacial score (nSPS) is 10.5. The molecule has 0 aliphatic heterocycles. The number of aliphatic hydroxyl groups excluding tert-OH is 1. The Labute approximate surface area is 107 Å². The van der Waals surface area contributed by atoms with Crippen LogP contribution in [0.4, 0.5) is 0 Å². The maximum absolute atomic E-state index is 11.8. The highest BCUT2D eigenvalue weighted by Gasteiger charge is 2.11. The lowest BCUT2D eigenvalue weighted by Gasteiger charge is -2.07. The molecule has 0 aromatic carbocycles. The predicted molar refractivity (Wildman–Crippen MR) is 68.4 cm³/mol. The molecule has 0 spiro atoms. The molecule has 0 saturated heterocycles. The number of unbranched alkanes of at least 4 members (excludes halogenated alkanes) is 2. The van der Waals surface area contributed by atoms with E-state index in [9.17, 15) is 4.79 Å². The summed E-state index contributed by atoms with van der Waals surface area (Å²) in [6.07, 6.45) is 4.34. The molecule has 0 atom stereocenters. The highest BCUT2D eigenvalue weighted by molar-refractivity contribution is 6.31. The summed E-state index contributed by atoms with van der Waals surface area (Å²) in [6.45, 7) is 3.53. The molecule has 5 heteroatoms. The van der Waals surface area contributed by atoms with Crippen LogP contribution in [-0.2, 0) is 6.54 Å². The van der Waals surface area contributed by atoms with E-state index in [1.54, 1.807) is 12.3 Å². The molecule has 0 fully saturated rings. The molecule has 0 unspecified atom stereocenters. The van der Waals surface area contributed by atoms with Crippen LogP contribution in [0.25, 0.3) is 0 Å². The third-order valence-corrected chi connectivity index (χ3v) is 2.76. The van der Waals surface area contributed by atoms with E-state index in [-0.39, 0.29) is 12.5 Å². The monoisotopic (exact) mass is 258 g/mol. The second kappa shape index (κ2) is 7.35. The largest absolute Gasteiger partial charge is 0.396 e. The maximum atomic E-state index is 11.8. The Kier molecular flexibility index (Phi) is 6.08. The van der Waals surface area contributed by atoms with Crippen molar-refractivity contribution in [3.8, 4) is 0 Å². The van der Waals surface area contributed by atoms with Gasteiger partial charge in [0, 0.05) is 25.9 Å². The van der Waals surface area contributed by atoms with E-state index in [1.807, 2.05) is 11.5 Å². The number of halogens is 1. The third kappa shape index (κ3) is 4.40. The van der Waals surface area contributed by atoms with Gasteiger partial charge in [0.2, 0.25) is 0 Å². The minimum atomic E-state index is -0.0947. The molecule has 0 aliphatic carbocycles. The molecular weight excluding hydrogens is 240 g/mol. The summed E-state index contributed by atoms with van der Waals surface area (Å²) in [5, 5.41) is 12.0. The molecule has 0 bridgehead atoms. The first kappa shape index (κ1) is 14.1. The van der Waals surface area contributed by atoms with Gasteiger partial charge in [-0.3, -0.25) is 4.79 Å². The number of aryl methyl sites for hydroxylation is 1. The lowest BCUT2D eigenvalue weighted by atomic mass is 10.2. The van der Waals surface area contributed by atoms with E-state index in [2.05, 4.69) is 5.32 Å². The molecule has 1 rings (SSSR count). The predicted octanol–water partition coefficient (Wildman–Crippen LogP) is 2.05. The van der Waals surface area contributed by atoms with Crippen LogP contribution in [-0.4, -0.2) is 28.7 Å². The Morgan fingerprint density at radius 2 is 2.24 bits per heavy atom. The summed E-state index contributed by atoms with van der Waals surface area (Å²) < 4.78 is 1.82. The molecule has 0 aliphatic rings. The first-order chi connectivity index (χ1) is 8.19. The van der Waals surface area contributed by atoms with Crippen molar-refractivity contribution >= 4 is 17.5 Å². The fourth-order valence-corrected chi connectivity index (χ4v) is 1.85. The van der Waals surface area contributed by atoms with Crippen LogP contribution in [0.1, 0.15) is 36.7 Å². The van der Waals surface area contributed by atoms with Gasteiger partial charge in [0.05, 0.1) is 5.02 Å². The summed E-state index contributed by atoms with van der Waals surface area (Å²) in [5.74, 6) is -0.0947. The summed E-state index contributed by atoms with van der Waals surface area (Å²) in [7, 11) is 0. The number of hydrogen-bond acceptors (Lipinski definition) is 2. The Morgan fingerprint density at radius 1 is 1.47 bits per heavy atom. The second-order valence-electron chi connectivity index (χ2n) is 3.87. The fraction of sp³-hybridized carbons (Fsp3) is 0.583. The SMILES string of the molecule is CCn1cc(Cl)cc1C(=O)NCCCCCO. The third-order valence-electron chi connectivity index (χ3n) is 2.56. The van der Waals surface area contributed by atoms with Crippen LogP contribution in [0.2, 0.25) is 5.02 Å². The standard InChI is InChI=1S/C12H19ClN2O2/c1-2-15-9-10(13)8-11(15)12(17)14-6-4-3-5-7-16/h8-9,16H,2-7H2,1H3,(H,14,17). The van der Waals surface area contributed by atoms with E-state index in [0.717, 1.165) is 25.8 Å². The Balaban J connectivity index is 2.41. The van der Waals surface area contributed by atoms with E-state index >= 15 is 0 Å². The van der Waals surface area contributed by atoms with E-state index in [0.29, 0.717) is 17.3 Å². The highest BCUT2D eigenvalue weighted by atomic mass is 35.5. The lowest BCUT2D eigenvalue weighted by molar-refractivity contribution is 0.0943. The average molecular weight is 259 g/mol. The van der Waals surface area contributed by atoms with Gasteiger partial charge in [-0.25, -0.2) is 0 Å². The summed E-state index contributed by atoms with van der Waals surface area (Å²) in [6, 6.07) is 1.67. The van der Waals surface area contributed by atoms with Crippen LogP contribution in [0.3, 0.4) is 0 Å². The molecular formula is C12H19ClN2O2. The number of rotatable bonds is 7. The number of carbonyl (C=O) groups is 1. The summed E-state index contributed by atoms with van der Waals surface area (Å²) >= 11 is 5.86. The van der Waals surface area contributed by atoms with Crippen LogP contribution in [0.5, 0.6) is 0 Å². The van der Waals surface area contributed by atoms with Gasteiger partial charge in [0.15, 0.2) is 0 Å². The molecule has 1 aromatic heterocycles. The topological polar surface area (TPSA) is 54.3 Å². The number of amides is 1. The van der Waals surface area contributed by atoms with E-state index < -0.39 is 0 Å². The molecule has 4 nitrogen and oxygen atoms in total. The molecule has 1 amide bonds. The molecule has 2 N–H and O–H groups in total. The van der Waals surface area contributed by atoms with E-state index in [1.165, 1.54) is 0 Å². The van der Waals surface area contributed by atoms with Gasteiger partial charge in [-0.15, -0.1) is 0 Å². The number of nitrogens with zero attached hydrogens (tertiary/aromatic N) is 1. The van der Waals surface area contributed by atoms with Crippen molar-refractivity contribution in [2.75, 3.05) is 13.2 Å². The number of nitrogens with one attached hydrogen (secondary N) is 1. The van der Waals surface area contributed by atoms with Gasteiger partial charge in [-0.2, -0.15) is 0 Å². The van der Waals surface area contributed by atoms with Crippen LogP contribution in [0.15, 0.2) is 12.3 Å². The lowest BCUT2D eigenvalue weighted by Crippen LogP contribution is -2.26. The number of aromatic nitrogens is 1. The maximum Gasteiger partial charge on any atom is 0.267 e. The minimum Gasteiger partial charge on any atom is -0.396 e. The number of aliphatic hydroxyl groups is 1. The Bertz CT molecular complexity index is 363. The minimum absolute atomic E-state index is 0.0947. The van der Waals surface area contributed by atoms with Crippen LogP contribution in [0, 0.1) is 0 Å². The van der Waals surface area contributed by atoms with Crippen molar-refractivity contribution in [3.05, 3.63) is 23.0 Å². The highest BCUT2D eigenvalue weighted by Crippen LogP contribution is 2.13. The Morgan fingerprint density at radius 3 is 2.88 bits per heavy atom. The summed E-state index contributed by atoms with van der Waals surface area (Å²) in [5.41, 5.74) is 0.597. The van der Waals surface area contributed by atoms with Gasteiger partial charge in [-0.1, -0.05) is 11.6 Å². The fourth-order valence-electron chi connectivity index (χ4n) is 1.63. The zero-order valence-corrected chi connectivity index (χ0v) is 10.8. The zero-order chi connectivity index (χ0) is 12.7. The van der Waals surface area contributed by atoms with E-state index in [4.69, 9.17) is 16.7 Å². The molecule has 96 valence electrons. The van der Waals surface area contributed by atoms with Gasteiger partial charge >= 0.3 is 0 Å². The van der Waals surface area contributed by atoms with Gasteiger partial charge in [0.25, 0.3) is 5.91 Å². The van der Waals surface area contributed by atoms with Crippen molar-refractivity contribution in [2.45, 2.75) is 32.7 Å². The van der Waals surface area contributed by atoms with Gasteiger partial charge in [0.1, 0.15) is 5.69 Å². The smallest absolute Gasteiger partial charge is 0.267 e. The second-order valence-corrected chi connectivity index (χ2v) is 4.31. The molecule has 17 heavy (non-hydrogen) atoms. The van der Waals surface area contributed by atoms with Crippen LogP contribution < -0.4 is 5.32 Å². The van der Waals surface area contributed by atoms with Crippen LogP contribution >= 0.6 is 11.6 Å². The number of carbonyl (C=O) groups excluding carboxylic acids is 1. The van der Waals surface area contributed by atoms with Crippen molar-refractivity contribution in [2.24, 2.45) is 0 Å². The molecule has 1 aromatic rings. The van der Waals surface area contributed by atoms with Crippen molar-refractivity contribution in [3.63, 3.8) is 0 Å². The first-order valence-corrected chi connectivity index (χ1v) is 6.31. The van der Waals surface area contributed by atoms with Crippen molar-refractivity contribution in [1.29, 1.82) is 0 Å². The molecule has 1 heterocycles. The zero-order valence-electron chi connectivity index (χ0n) is 10.1. The molecule has 0 saturated carbocycles. The summed E-state index contributed by atoms with van der Waals surface area (Å²) in [4.78, 5) is 11.8. The molecule has 0 radical (unpaired) electrons. The van der Waals surface area contributed by atoms with Gasteiger partial charge in [-0.05, 0) is 32.3 Å². The first-order valence-electron chi connectivity index (χ1n) is 5.93. The Hall–Kier alpha value is -1.00. The average Bonchev–Trinajstić information content (AvgIpc) is 2.70.